The maximum Gasteiger partial charge on any atom is 0.150 e. The maximum atomic E-state index is 6.07. The van der Waals surface area contributed by atoms with Crippen molar-refractivity contribution in [3.63, 3.8) is 0 Å². The number of anilines is 1. The number of nitrogens with zero attached hydrogens (tertiary/aromatic N) is 2. The molecule has 1 heterocycles. The van der Waals surface area contributed by atoms with E-state index in [-0.39, 0.29) is 5.92 Å². The molecule has 0 bridgehead atoms. The molecule has 4 nitrogen and oxygen atoms in total. The third-order valence-corrected chi connectivity index (χ3v) is 3.36. The Hall–Kier alpha value is -1.97. The van der Waals surface area contributed by atoms with Crippen LogP contribution in [0.4, 0.5) is 5.82 Å². The lowest BCUT2D eigenvalue weighted by Gasteiger charge is -2.06. The van der Waals surface area contributed by atoms with E-state index in [0.29, 0.717) is 11.7 Å². The normalized spacial score (nSPS) is 11.5. The largest absolute Gasteiger partial charge is 0.382 e. The number of hydrogen-bond acceptors (Lipinski definition) is 3. The summed E-state index contributed by atoms with van der Waals surface area (Å²) in [7, 11) is 0. The fraction of sp³-hybridized carbons (Fsp3) is 0.438. The first-order valence-corrected chi connectivity index (χ1v) is 7.12. The summed E-state index contributed by atoms with van der Waals surface area (Å²) in [5.41, 5.74) is 9.19. The highest BCUT2D eigenvalue weighted by atomic mass is 15.4. The second kappa shape index (κ2) is 5.57. The van der Waals surface area contributed by atoms with Gasteiger partial charge in [0.05, 0.1) is 0 Å². The molecule has 0 radical (unpaired) electrons. The first-order chi connectivity index (χ1) is 9.40. The van der Waals surface area contributed by atoms with E-state index in [4.69, 9.17) is 11.6 Å². The monoisotopic (exact) mass is 272 g/mol. The number of hydrogen-bond donors (Lipinski definition) is 2. The number of imidazole rings is 1. The van der Waals surface area contributed by atoms with Gasteiger partial charge in [-0.15, -0.1) is 0 Å². The lowest BCUT2D eigenvalue weighted by molar-refractivity contribution is 0.647. The minimum absolute atomic E-state index is 0.247. The first kappa shape index (κ1) is 14.4. The van der Waals surface area contributed by atoms with Gasteiger partial charge >= 0.3 is 0 Å². The van der Waals surface area contributed by atoms with Gasteiger partial charge in [-0.05, 0) is 17.9 Å². The average molecular weight is 272 g/mol. The molecule has 0 spiro atoms. The molecule has 0 fully saturated rings. The van der Waals surface area contributed by atoms with Gasteiger partial charge in [-0.25, -0.2) is 9.66 Å². The van der Waals surface area contributed by atoms with Crippen LogP contribution in [0.2, 0.25) is 0 Å². The van der Waals surface area contributed by atoms with Crippen LogP contribution in [0.5, 0.6) is 0 Å². The van der Waals surface area contributed by atoms with Crippen molar-refractivity contribution in [2.45, 2.75) is 40.0 Å². The minimum atomic E-state index is 0.247. The molecule has 2 aromatic rings. The zero-order chi connectivity index (χ0) is 14.9. The van der Waals surface area contributed by atoms with Crippen LogP contribution >= 0.6 is 0 Å². The van der Waals surface area contributed by atoms with Gasteiger partial charge in [-0.3, -0.25) is 0 Å². The minimum Gasteiger partial charge on any atom is -0.382 e. The zero-order valence-corrected chi connectivity index (χ0v) is 12.7. The van der Waals surface area contributed by atoms with Crippen LogP contribution in [0.1, 0.15) is 45.0 Å². The van der Waals surface area contributed by atoms with Crippen molar-refractivity contribution < 1.29 is 0 Å². The van der Waals surface area contributed by atoms with Crippen molar-refractivity contribution in [2.24, 2.45) is 5.92 Å². The van der Waals surface area contributed by atoms with Crippen molar-refractivity contribution in [1.82, 2.24) is 9.66 Å². The molecule has 20 heavy (non-hydrogen) atoms. The summed E-state index contributed by atoms with van der Waals surface area (Å²) in [6, 6.07) is 8.42. The van der Waals surface area contributed by atoms with Crippen molar-refractivity contribution in [2.75, 3.05) is 11.6 Å². The molecule has 0 aliphatic heterocycles. The van der Waals surface area contributed by atoms with Gasteiger partial charge in [-0.1, -0.05) is 52.0 Å². The lowest BCUT2D eigenvalue weighted by atomic mass is 10.0. The summed E-state index contributed by atoms with van der Waals surface area (Å²) >= 11 is 0. The van der Waals surface area contributed by atoms with Crippen molar-refractivity contribution in [1.29, 1.82) is 0 Å². The fourth-order valence-electron chi connectivity index (χ4n) is 2.35. The van der Waals surface area contributed by atoms with Gasteiger partial charge in [-0.2, -0.15) is 0 Å². The number of nitrogens with two attached hydrogens (primary N) is 2. The number of rotatable bonds is 4. The number of benzene rings is 1. The highest BCUT2D eigenvalue weighted by Crippen LogP contribution is 2.28. The second-order valence-corrected chi connectivity index (χ2v) is 6.02. The molecule has 0 aliphatic rings. The summed E-state index contributed by atoms with van der Waals surface area (Å²) in [6.45, 7) is 8.55. The molecule has 0 saturated heterocycles. The Bertz CT molecular complexity index is 579. The topological polar surface area (TPSA) is 69.9 Å². The number of nitrogen functional groups attached to an aromatic ring is 2. The Morgan fingerprint density at radius 1 is 1.10 bits per heavy atom. The first-order valence-electron chi connectivity index (χ1n) is 7.12. The molecule has 0 aliphatic carbocycles. The zero-order valence-electron chi connectivity index (χ0n) is 12.7. The quantitative estimate of drug-likeness (QED) is 0.840. The molecule has 2 rings (SSSR count). The second-order valence-electron chi connectivity index (χ2n) is 6.02. The van der Waals surface area contributed by atoms with Crippen molar-refractivity contribution in [3.8, 4) is 11.3 Å². The van der Waals surface area contributed by atoms with Gasteiger partial charge < -0.3 is 11.6 Å². The van der Waals surface area contributed by atoms with E-state index >= 15 is 0 Å². The summed E-state index contributed by atoms with van der Waals surface area (Å²) in [5.74, 6) is 8.20. The van der Waals surface area contributed by atoms with Gasteiger partial charge in [0.15, 0.2) is 5.82 Å². The fourth-order valence-corrected chi connectivity index (χ4v) is 2.35. The van der Waals surface area contributed by atoms with Crippen LogP contribution in [-0.2, 0) is 6.42 Å². The third kappa shape index (κ3) is 2.79. The third-order valence-electron chi connectivity index (χ3n) is 3.36. The molecule has 1 aromatic carbocycles. The van der Waals surface area contributed by atoms with Crippen LogP contribution in [0.25, 0.3) is 11.3 Å². The van der Waals surface area contributed by atoms with Gasteiger partial charge in [0.25, 0.3) is 0 Å². The molecule has 108 valence electrons. The maximum absolute atomic E-state index is 6.07. The molecule has 0 atom stereocenters. The molecule has 0 amide bonds. The van der Waals surface area contributed by atoms with E-state index in [2.05, 4.69) is 56.9 Å². The van der Waals surface area contributed by atoms with Crippen LogP contribution in [0.15, 0.2) is 24.3 Å². The summed E-state index contributed by atoms with van der Waals surface area (Å²) in [4.78, 5) is 4.58. The van der Waals surface area contributed by atoms with Crippen LogP contribution in [-0.4, -0.2) is 9.66 Å². The Morgan fingerprint density at radius 3 is 2.15 bits per heavy atom. The average Bonchev–Trinajstić information content (AvgIpc) is 2.67. The highest BCUT2D eigenvalue weighted by Gasteiger charge is 2.16. The highest BCUT2D eigenvalue weighted by molar-refractivity contribution is 5.71. The van der Waals surface area contributed by atoms with Crippen molar-refractivity contribution in [3.05, 3.63) is 35.7 Å². The molecule has 0 saturated carbocycles. The molecular formula is C16H24N4. The standard InChI is InChI=1S/C16H24N4/c1-10(2)9-12-5-7-13(8-6-12)14-15(17)20(18)16(19-14)11(3)4/h5-8,10-11H,9,17-18H2,1-4H3. The van der Waals surface area contributed by atoms with E-state index in [1.807, 2.05) is 0 Å². The van der Waals surface area contributed by atoms with Gasteiger partial charge in [0.1, 0.15) is 11.5 Å². The van der Waals surface area contributed by atoms with Gasteiger partial charge in [0.2, 0.25) is 0 Å². The Balaban J connectivity index is 2.34. The lowest BCUT2D eigenvalue weighted by Crippen LogP contribution is -2.16. The SMILES string of the molecule is CC(C)Cc1ccc(-c2nc(C(C)C)n(N)c2N)cc1. The molecule has 1 aromatic heterocycles. The summed E-state index contributed by atoms with van der Waals surface area (Å²) in [6.07, 6.45) is 1.08. The van der Waals surface area contributed by atoms with Crippen molar-refractivity contribution >= 4 is 5.82 Å². The van der Waals surface area contributed by atoms with E-state index in [1.165, 1.54) is 10.2 Å². The van der Waals surface area contributed by atoms with Crippen LogP contribution in [0, 0.1) is 5.92 Å². The van der Waals surface area contributed by atoms with E-state index < -0.39 is 0 Å². The molecule has 4 heteroatoms. The summed E-state index contributed by atoms with van der Waals surface area (Å²) in [5, 5.41) is 0. The molecular weight excluding hydrogens is 248 g/mol. The smallest absolute Gasteiger partial charge is 0.150 e. The van der Waals surface area contributed by atoms with E-state index in [9.17, 15) is 0 Å². The Morgan fingerprint density at radius 2 is 1.70 bits per heavy atom. The Kier molecular flexibility index (Phi) is 4.02. The summed E-state index contributed by atoms with van der Waals surface area (Å²) < 4.78 is 1.49. The number of aromatic nitrogens is 2. The van der Waals surface area contributed by atoms with Crippen LogP contribution in [0.3, 0.4) is 0 Å². The van der Waals surface area contributed by atoms with E-state index in [0.717, 1.165) is 23.5 Å². The van der Waals surface area contributed by atoms with Crippen LogP contribution < -0.4 is 11.6 Å². The van der Waals surface area contributed by atoms with E-state index in [1.54, 1.807) is 0 Å². The predicted molar refractivity (Wildman–Crippen MR) is 84.9 cm³/mol. The van der Waals surface area contributed by atoms with Gasteiger partial charge in [0, 0.05) is 11.5 Å². The molecule has 4 N–H and O–H groups in total. The Labute approximate surface area is 120 Å². The molecule has 0 unspecified atom stereocenters. The predicted octanol–water partition coefficient (Wildman–Crippen LogP) is 3.17.